The van der Waals surface area contributed by atoms with E-state index >= 15 is 0 Å². The number of benzene rings is 1. The molecule has 2 aromatic rings. The maximum atomic E-state index is 8.88. The molecule has 0 unspecified atom stereocenters. The van der Waals surface area contributed by atoms with Gasteiger partial charge in [0.05, 0.1) is 5.69 Å². The van der Waals surface area contributed by atoms with E-state index in [2.05, 4.69) is 31.2 Å². The second-order valence-electron chi connectivity index (χ2n) is 3.11. The molecule has 6 heteroatoms. The molecule has 1 N–H and O–H groups in total. The van der Waals surface area contributed by atoms with Crippen LogP contribution >= 0.6 is 27.5 Å². The van der Waals surface area contributed by atoms with E-state index in [1.54, 1.807) is 18.2 Å². The fourth-order valence-electron chi connectivity index (χ4n) is 1.23. The first-order valence-corrected chi connectivity index (χ1v) is 5.81. The Kier molecular flexibility index (Phi) is 3.57. The molecule has 0 aliphatic heterocycles. The lowest BCUT2D eigenvalue weighted by Crippen LogP contribution is -1.99. The highest BCUT2D eigenvalue weighted by molar-refractivity contribution is 9.10. The molecule has 0 saturated carbocycles. The predicted molar refractivity (Wildman–Crippen MR) is 69.2 cm³/mol. The van der Waals surface area contributed by atoms with Crippen LogP contribution in [0.5, 0.6) is 0 Å². The van der Waals surface area contributed by atoms with Gasteiger partial charge in [-0.05, 0) is 34.1 Å². The fraction of sp³-hybridized carbons (Fsp3) is 0. The first-order valence-electron chi connectivity index (χ1n) is 4.64. The monoisotopic (exact) mass is 308 g/mol. The van der Waals surface area contributed by atoms with Crippen LogP contribution < -0.4 is 5.32 Å². The van der Waals surface area contributed by atoms with E-state index in [0.29, 0.717) is 10.8 Å². The Hall–Kier alpha value is -1.64. The van der Waals surface area contributed by atoms with E-state index in [1.807, 2.05) is 6.07 Å². The standard InChI is InChI=1S/C11H6BrClN4/c12-8-5-7(13)1-2-9(8)17-11-10(6-14)15-3-4-16-11/h1-5H,(H,16,17). The molecule has 0 aliphatic rings. The first kappa shape index (κ1) is 11.8. The van der Waals surface area contributed by atoms with Crippen molar-refractivity contribution in [2.24, 2.45) is 0 Å². The third-order valence-corrected chi connectivity index (χ3v) is 2.88. The number of nitriles is 1. The van der Waals surface area contributed by atoms with E-state index in [9.17, 15) is 0 Å². The molecule has 0 fully saturated rings. The molecule has 0 aliphatic carbocycles. The minimum Gasteiger partial charge on any atom is -0.337 e. The lowest BCUT2D eigenvalue weighted by molar-refractivity contribution is 1.16. The number of halogens is 2. The summed E-state index contributed by atoms with van der Waals surface area (Å²) in [6.45, 7) is 0. The summed E-state index contributed by atoms with van der Waals surface area (Å²) < 4.78 is 0.791. The van der Waals surface area contributed by atoms with Crippen molar-refractivity contribution in [3.63, 3.8) is 0 Å². The summed E-state index contributed by atoms with van der Waals surface area (Å²) in [6, 6.07) is 7.27. The minimum atomic E-state index is 0.245. The van der Waals surface area contributed by atoms with Gasteiger partial charge in [-0.25, -0.2) is 9.97 Å². The lowest BCUT2D eigenvalue weighted by Gasteiger charge is -2.08. The summed E-state index contributed by atoms with van der Waals surface area (Å²) in [5.74, 6) is 0.415. The zero-order valence-corrected chi connectivity index (χ0v) is 10.8. The molecule has 0 atom stereocenters. The van der Waals surface area contributed by atoms with Gasteiger partial charge in [0.2, 0.25) is 0 Å². The maximum Gasteiger partial charge on any atom is 0.183 e. The van der Waals surface area contributed by atoms with Crippen molar-refractivity contribution in [2.45, 2.75) is 0 Å². The Balaban J connectivity index is 2.35. The summed E-state index contributed by atoms with van der Waals surface area (Å²) in [7, 11) is 0. The SMILES string of the molecule is N#Cc1nccnc1Nc1ccc(Cl)cc1Br. The van der Waals surface area contributed by atoms with Gasteiger partial charge in [0.1, 0.15) is 6.07 Å². The number of hydrogen-bond acceptors (Lipinski definition) is 4. The molecule has 4 nitrogen and oxygen atoms in total. The van der Waals surface area contributed by atoms with Crippen molar-refractivity contribution in [3.8, 4) is 6.07 Å². The van der Waals surface area contributed by atoms with Gasteiger partial charge < -0.3 is 5.32 Å². The van der Waals surface area contributed by atoms with E-state index in [4.69, 9.17) is 16.9 Å². The van der Waals surface area contributed by atoms with Crippen LogP contribution in [0, 0.1) is 11.3 Å². The third-order valence-electron chi connectivity index (χ3n) is 1.99. The summed E-state index contributed by atoms with van der Waals surface area (Å²) in [5, 5.41) is 12.5. The molecular weight excluding hydrogens is 304 g/mol. The van der Waals surface area contributed by atoms with Crippen LogP contribution in [-0.4, -0.2) is 9.97 Å². The van der Waals surface area contributed by atoms with Gasteiger partial charge >= 0.3 is 0 Å². The molecule has 1 heterocycles. The van der Waals surface area contributed by atoms with Crippen LogP contribution in [0.1, 0.15) is 5.69 Å². The van der Waals surface area contributed by atoms with Crippen molar-refractivity contribution in [1.82, 2.24) is 9.97 Å². The van der Waals surface area contributed by atoms with Gasteiger partial charge in [0.15, 0.2) is 11.5 Å². The Morgan fingerprint density at radius 3 is 2.76 bits per heavy atom. The summed E-state index contributed by atoms with van der Waals surface area (Å²) in [4.78, 5) is 7.97. The Morgan fingerprint density at radius 1 is 1.29 bits per heavy atom. The van der Waals surface area contributed by atoms with Crippen LogP contribution in [0.2, 0.25) is 5.02 Å². The number of rotatable bonds is 2. The number of anilines is 2. The minimum absolute atomic E-state index is 0.245. The molecule has 1 aromatic carbocycles. The molecule has 0 amide bonds. The van der Waals surface area contributed by atoms with Crippen LogP contribution in [0.3, 0.4) is 0 Å². The molecule has 0 radical (unpaired) electrons. The topological polar surface area (TPSA) is 61.6 Å². The van der Waals surface area contributed by atoms with E-state index in [1.165, 1.54) is 12.4 Å². The van der Waals surface area contributed by atoms with Gasteiger partial charge in [-0.15, -0.1) is 0 Å². The zero-order valence-electron chi connectivity index (χ0n) is 8.48. The molecule has 0 spiro atoms. The summed E-state index contributed by atoms with van der Waals surface area (Å²) in [5.41, 5.74) is 1.01. The van der Waals surface area contributed by atoms with Crippen molar-refractivity contribution in [1.29, 1.82) is 5.26 Å². The van der Waals surface area contributed by atoms with Crippen molar-refractivity contribution in [3.05, 3.63) is 45.8 Å². The number of nitrogens with zero attached hydrogens (tertiary/aromatic N) is 3. The van der Waals surface area contributed by atoms with Gasteiger partial charge in [0.25, 0.3) is 0 Å². The second kappa shape index (κ2) is 5.13. The Morgan fingerprint density at radius 2 is 2.06 bits per heavy atom. The summed E-state index contributed by atoms with van der Waals surface area (Å²) >= 11 is 9.21. The van der Waals surface area contributed by atoms with Gasteiger partial charge in [-0.2, -0.15) is 5.26 Å². The lowest BCUT2D eigenvalue weighted by atomic mass is 10.3. The van der Waals surface area contributed by atoms with Crippen LogP contribution in [0.15, 0.2) is 35.1 Å². The molecule has 17 heavy (non-hydrogen) atoms. The van der Waals surface area contributed by atoms with Crippen molar-refractivity contribution >= 4 is 39.0 Å². The third kappa shape index (κ3) is 2.73. The Labute approximate surface area is 111 Å². The predicted octanol–water partition coefficient (Wildman–Crippen LogP) is 3.51. The van der Waals surface area contributed by atoms with Crippen LogP contribution in [-0.2, 0) is 0 Å². The van der Waals surface area contributed by atoms with E-state index in [-0.39, 0.29) is 5.69 Å². The molecular formula is C11H6BrClN4. The van der Waals surface area contributed by atoms with Gasteiger partial charge in [-0.3, -0.25) is 0 Å². The van der Waals surface area contributed by atoms with E-state index in [0.717, 1.165) is 10.2 Å². The van der Waals surface area contributed by atoms with Gasteiger partial charge in [0, 0.05) is 21.9 Å². The van der Waals surface area contributed by atoms with Gasteiger partial charge in [-0.1, -0.05) is 11.6 Å². The highest BCUT2D eigenvalue weighted by Crippen LogP contribution is 2.28. The molecule has 2 rings (SSSR count). The number of hydrogen-bond donors (Lipinski definition) is 1. The fourth-order valence-corrected chi connectivity index (χ4v) is 2.01. The van der Waals surface area contributed by atoms with Crippen molar-refractivity contribution in [2.75, 3.05) is 5.32 Å². The first-order chi connectivity index (χ1) is 8.20. The quantitative estimate of drug-likeness (QED) is 0.922. The largest absolute Gasteiger partial charge is 0.337 e. The smallest absolute Gasteiger partial charge is 0.183 e. The van der Waals surface area contributed by atoms with Crippen molar-refractivity contribution < 1.29 is 0 Å². The number of aromatic nitrogens is 2. The highest BCUT2D eigenvalue weighted by atomic mass is 79.9. The number of nitrogens with one attached hydrogen (secondary N) is 1. The second-order valence-corrected chi connectivity index (χ2v) is 4.41. The Bertz CT molecular complexity index is 594. The highest BCUT2D eigenvalue weighted by Gasteiger charge is 2.06. The van der Waals surface area contributed by atoms with Crippen LogP contribution in [0.4, 0.5) is 11.5 Å². The average molecular weight is 310 g/mol. The summed E-state index contributed by atoms with van der Waals surface area (Å²) in [6.07, 6.45) is 2.99. The van der Waals surface area contributed by atoms with Crippen LogP contribution in [0.25, 0.3) is 0 Å². The molecule has 0 bridgehead atoms. The molecule has 0 saturated heterocycles. The normalized spacial score (nSPS) is 9.71. The van der Waals surface area contributed by atoms with E-state index < -0.39 is 0 Å². The maximum absolute atomic E-state index is 8.88. The zero-order chi connectivity index (χ0) is 12.3. The molecule has 84 valence electrons. The molecule has 1 aromatic heterocycles. The average Bonchev–Trinajstić information content (AvgIpc) is 2.33.